The van der Waals surface area contributed by atoms with Crippen LogP contribution in [-0.4, -0.2) is 12.8 Å². The van der Waals surface area contributed by atoms with Crippen molar-refractivity contribution in [1.82, 2.24) is 0 Å². The molecule has 0 aliphatic rings. The smallest absolute Gasteiger partial charge is 0.139 e. The van der Waals surface area contributed by atoms with Gasteiger partial charge in [0.15, 0.2) is 0 Å². The van der Waals surface area contributed by atoms with E-state index in [-0.39, 0.29) is 0 Å². The van der Waals surface area contributed by atoms with Gasteiger partial charge in [0.1, 0.15) is 6.29 Å². The summed E-state index contributed by atoms with van der Waals surface area (Å²) in [7, 11) is 0. The van der Waals surface area contributed by atoms with Gasteiger partial charge < -0.3 is 10.1 Å². The van der Waals surface area contributed by atoms with E-state index in [4.69, 9.17) is 0 Å². The molecule has 2 aromatic carbocycles. The molecular weight excluding hydrogens is 174 g/mol. The maximum atomic E-state index is 10.3. The molecule has 0 radical (unpaired) electrons. The van der Waals surface area contributed by atoms with Crippen molar-refractivity contribution < 1.29 is 4.79 Å². The van der Waals surface area contributed by atoms with Crippen molar-refractivity contribution in [1.29, 1.82) is 0 Å². The van der Waals surface area contributed by atoms with E-state index in [1.165, 1.54) is 5.39 Å². The minimum Gasteiger partial charge on any atom is -0.378 e. The molecule has 0 spiro atoms. The topological polar surface area (TPSA) is 29.1 Å². The number of hydrogen-bond donors (Lipinski definition) is 1. The molecule has 1 N–H and O–H groups in total. The highest BCUT2D eigenvalue weighted by atomic mass is 16.1. The van der Waals surface area contributed by atoms with Crippen LogP contribution in [-0.2, 0) is 4.79 Å². The molecule has 0 heterocycles. The van der Waals surface area contributed by atoms with Gasteiger partial charge in [-0.1, -0.05) is 36.4 Å². The van der Waals surface area contributed by atoms with Gasteiger partial charge in [-0.3, -0.25) is 0 Å². The van der Waals surface area contributed by atoms with Crippen molar-refractivity contribution in [2.24, 2.45) is 0 Å². The third-order valence-corrected chi connectivity index (χ3v) is 2.17. The van der Waals surface area contributed by atoms with Crippen molar-refractivity contribution >= 4 is 22.7 Å². The third-order valence-electron chi connectivity index (χ3n) is 2.17. The minimum absolute atomic E-state index is 0.355. The van der Waals surface area contributed by atoms with Gasteiger partial charge in [0.25, 0.3) is 0 Å². The molecule has 0 bridgehead atoms. The summed E-state index contributed by atoms with van der Waals surface area (Å²) >= 11 is 0. The Balaban J connectivity index is 2.48. The van der Waals surface area contributed by atoms with E-state index >= 15 is 0 Å². The highest BCUT2D eigenvalue weighted by Gasteiger charge is 1.97. The lowest BCUT2D eigenvalue weighted by atomic mass is 10.1. The Labute approximate surface area is 82.6 Å². The second kappa shape index (κ2) is 3.92. The molecule has 0 amide bonds. The fraction of sp³-hybridized carbons (Fsp3) is 0.0833. The summed E-state index contributed by atoms with van der Waals surface area (Å²) in [6.07, 6.45) is 0.863. The van der Waals surface area contributed by atoms with E-state index in [1.807, 2.05) is 30.3 Å². The molecule has 2 rings (SSSR count). The molecule has 0 fully saturated rings. The zero-order valence-corrected chi connectivity index (χ0v) is 7.73. The standard InChI is InChI=1S/C12H11NO/c14-9-8-13-12-7-3-5-10-4-1-2-6-11(10)12/h1-7,9,13H,8H2. The molecule has 70 valence electrons. The van der Waals surface area contributed by atoms with Gasteiger partial charge in [-0.25, -0.2) is 0 Å². The molecule has 2 aromatic rings. The summed E-state index contributed by atoms with van der Waals surface area (Å²) in [5, 5.41) is 5.40. The Morgan fingerprint density at radius 3 is 2.71 bits per heavy atom. The number of rotatable bonds is 3. The summed E-state index contributed by atoms with van der Waals surface area (Å²) in [5.74, 6) is 0. The first-order chi connectivity index (χ1) is 6.92. The molecule has 14 heavy (non-hydrogen) atoms. The van der Waals surface area contributed by atoms with E-state index in [0.29, 0.717) is 6.54 Å². The third kappa shape index (κ3) is 1.59. The zero-order valence-electron chi connectivity index (χ0n) is 7.73. The molecule has 0 aliphatic heterocycles. The van der Waals surface area contributed by atoms with Crippen LogP contribution in [0.15, 0.2) is 42.5 Å². The fourth-order valence-electron chi connectivity index (χ4n) is 1.53. The normalized spacial score (nSPS) is 10.0. The second-order valence-electron chi connectivity index (χ2n) is 3.07. The summed E-state index contributed by atoms with van der Waals surface area (Å²) in [5.41, 5.74) is 1.01. The molecule has 0 saturated carbocycles. The van der Waals surface area contributed by atoms with Crippen LogP contribution in [0.25, 0.3) is 10.8 Å². The second-order valence-corrected chi connectivity index (χ2v) is 3.07. The molecule has 0 unspecified atom stereocenters. The highest BCUT2D eigenvalue weighted by molar-refractivity contribution is 5.94. The molecular formula is C12H11NO. The van der Waals surface area contributed by atoms with Gasteiger partial charge in [-0.2, -0.15) is 0 Å². The average molecular weight is 185 g/mol. The van der Waals surface area contributed by atoms with E-state index in [2.05, 4.69) is 17.4 Å². The molecule has 0 atom stereocenters. The monoisotopic (exact) mass is 185 g/mol. The minimum atomic E-state index is 0.355. The largest absolute Gasteiger partial charge is 0.378 e. The van der Waals surface area contributed by atoms with Gasteiger partial charge in [0, 0.05) is 11.1 Å². The first kappa shape index (κ1) is 8.75. The number of carbonyl (C=O) groups is 1. The van der Waals surface area contributed by atoms with E-state index in [0.717, 1.165) is 17.4 Å². The molecule has 0 aliphatic carbocycles. The Morgan fingerprint density at radius 1 is 1.07 bits per heavy atom. The summed E-state index contributed by atoms with van der Waals surface area (Å²) < 4.78 is 0. The van der Waals surface area contributed by atoms with E-state index in [1.54, 1.807) is 0 Å². The lowest BCUT2D eigenvalue weighted by Gasteiger charge is -2.06. The Hall–Kier alpha value is -1.83. The number of carbonyl (C=O) groups excluding carboxylic acids is 1. The SMILES string of the molecule is O=CCNc1cccc2ccccc12. The predicted octanol–water partition coefficient (Wildman–Crippen LogP) is 2.45. The lowest BCUT2D eigenvalue weighted by molar-refractivity contribution is -0.106. The first-order valence-corrected chi connectivity index (χ1v) is 4.57. The van der Waals surface area contributed by atoms with Gasteiger partial charge >= 0.3 is 0 Å². The summed E-state index contributed by atoms with van der Waals surface area (Å²) in [6, 6.07) is 14.1. The Bertz CT molecular complexity index is 446. The van der Waals surface area contributed by atoms with Gasteiger partial charge in [-0.15, -0.1) is 0 Å². The average Bonchev–Trinajstić information content (AvgIpc) is 2.26. The number of aldehydes is 1. The van der Waals surface area contributed by atoms with Crippen molar-refractivity contribution in [3.63, 3.8) is 0 Å². The first-order valence-electron chi connectivity index (χ1n) is 4.57. The maximum Gasteiger partial charge on any atom is 0.139 e. The van der Waals surface area contributed by atoms with Crippen molar-refractivity contribution in [3.05, 3.63) is 42.5 Å². The molecule has 0 aromatic heterocycles. The molecule has 0 saturated heterocycles. The van der Waals surface area contributed by atoms with E-state index < -0.39 is 0 Å². The van der Waals surface area contributed by atoms with Gasteiger partial charge in [0.2, 0.25) is 0 Å². The van der Waals surface area contributed by atoms with Crippen LogP contribution in [0.1, 0.15) is 0 Å². The number of fused-ring (bicyclic) bond motifs is 1. The van der Waals surface area contributed by atoms with Crippen LogP contribution >= 0.6 is 0 Å². The van der Waals surface area contributed by atoms with Crippen LogP contribution in [0.4, 0.5) is 5.69 Å². The quantitative estimate of drug-likeness (QED) is 0.744. The van der Waals surface area contributed by atoms with Crippen LogP contribution in [0.3, 0.4) is 0 Å². The number of hydrogen-bond acceptors (Lipinski definition) is 2. The predicted molar refractivity (Wildman–Crippen MR) is 58.5 cm³/mol. The van der Waals surface area contributed by atoms with Crippen LogP contribution in [0.5, 0.6) is 0 Å². The summed E-state index contributed by atoms with van der Waals surface area (Å²) in [4.78, 5) is 10.3. The number of anilines is 1. The number of nitrogens with one attached hydrogen (secondary N) is 1. The van der Waals surface area contributed by atoms with Crippen molar-refractivity contribution in [3.8, 4) is 0 Å². The molecule has 2 nitrogen and oxygen atoms in total. The van der Waals surface area contributed by atoms with Crippen LogP contribution in [0, 0.1) is 0 Å². The Kier molecular flexibility index (Phi) is 2.45. The maximum absolute atomic E-state index is 10.3. The lowest BCUT2D eigenvalue weighted by Crippen LogP contribution is -2.02. The highest BCUT2D eigenvalue weighted by Crippen LogP contribution is 2.22. The van der Waals surface area contributed by atoms with Crippen LogP contribution in [0.2, 0.25) is 0 Å². The van der Waals surface area contributed by atoms with Crippen LogP contribution < -0.4 is 5.32 Å². The van der Waals surface area contributed by atoms with Gasteiger partial charge in [-0.05, 0) is 11.5 Å². The van der Waals surface area contributed by atoms with Crippen molar-refractivity contribution in [2.45, 2.75) is 0 Å². The van der Waals surface area contributed by atoms with Crippen molar-refractivity contribution in [2.75, 3.05) is 11.9 Å². The molecule has 2 heteroatoms. The zero-order chi connectivity index (χ0) is 9.80. The summed E-state index contributed by atoms with van der Waals surface area (Å²) in [6.45, 7) is 0.355. The fourth-order valence-corrected chi connectivity index (χ4v) is 1.53. The number of benzene rings is 2. The Morgan fingerprint density at radius 2 is 1.86 bits per heavy atom. The van der Waals surface area contributed by atoms with Gasteiger partial charge in [0.05, 0.1) is 6.54 Å². The van der Waals surface area contributed by atoms with E-state index in [9.17, 15) is 4.79 Å².